The number of phosphoric acid groups is 1. The zero-order chi connectivity index (χ0) is 45.7. The summed E-state index contributed by atoms with van der Waals surface area (Å²) in [6.45, 7) is 4.21. The first kappa shape index (κ1) is 60.5. The fraction of sp³-hybridized carbons (Fsp3) is 0.885. The lowest BCUT2D eigenvalue weighted by Gasteiger charge is -2.28. The van der Waals surface area contributed by atoms with Gasteiger partial charge in [-0.2, -0.15) is 0 Å². The van der Waals surface area contributed by atoms with Crippen LogP contribution in [0.4, 0.5) is 0 Å². The number of esters is 2. The summed E-state index contributed by atoms with van der Waals surface area (Å²) in [5.41, 5.74) is 0. The molecule has 0 aliphatic carbocycles. The number of hydrogen-bond donors (Lipinski definition) is 0. The van der Waals surface area contributed by atoms with Gasteiger partial charge < -0.3 is 27.9 Å². The van der Waals surface area contributed by atoms with Crippen LogP contribution in [0.1, 0.15) is 245 Å². The Morgan fingerprint density at radius 2 is 0.855 bits per heavy atom. The Balaban J connectivity index is 4.20. The highest BCUT2D eigenvalue weighted by Crippen LogP contribution is 2.38. The number of hydrogen-bond acceptors (Lipinski definition) is 8. The van der Waals surface area contributed by atoms with Gasteiger partial charge in [-0.1, -0.05) is 205 Å². The minimum absolute atomic E-state index is 0.0332. The lowest BCUT2D eigenvalue weighted by molar-refractivity contribution is -0.870. The van der Waals surface area contributed by atoms with Crippen molar-refractivity contribution >= 4 is 19.8 Å². The van der Waals surface area contributed by atoms with E-state index in [0.29, 0.717) is 23.9 Å². The van der Waals surface area contributed by atoms with Crippen LogP contribution in [0.15, 0.2) is 24.3 Å². The smallest absolute Gasteiger partial charge is 0.306 e. The van der Waals surface area contributed by atoms with Gasteiger partial charge in [0.1, 0.15) is 19.8 Å². The second kappa shape index (κ2) is 44.7. The molecule has 0 amide bonds. The summed E-state index contributed by atoms with van der Waals surface area (Å²) in [4.78, 5) is 37.7. The molecule has 0 rings (SSSR count). The molecule has 2 atom stereocenters. The standard InChI is InChI=1S/C52H100NO8P/c1-6-8-10-12-14-16-18-20-22-23-24-25-26-27-28-29-31-32-34-36-38-40-42-44-51(54)58-48-50(49-60-62(56,57)59-47-46-53(3,4)5)61-52(55)45-43-41-39-37-35-33-30-21-19-17-15-13-11-9-7-2/h13,15,36,38,50H,6-12,14,16-35,37,39-49H2,1-5H3/b15-13+,38-36+/t50-/m0/s1. The Morgan fingerprint density at radius 1 is 0.484 bits per heavy atom. The van der Waals surface area contributed by atoms with Crippen LogP contribution in [0.5, 0.6) is 0 Å². The third-order valence-electron chi connectivity index (χ3n) is 11.4. The van der Waals surface area contributed by atoms with E-state index < -0.39 is 32.5 Å². The molecule has 9 nitrogen and oxygen atoms in total. The molecule has 0 heterocycles. The Morgan fingerprint density at radius 3 is 1.29 bits per heavy atom. The van der Waals surface area contributed by atoms with Crippen molar-refractivity contribution in [2.75, 3.05) is 47.5 Å². The number of likely N-dealkylation sites (N-methyl/N-ethyl adjacent to an activating group) is 1. The number of quaternary nitrogens is 1. The van der Waals surface area contributed by atoms with Gasteiger partial charge in [0.2, 0.25) is 0 Å². The molecule has 366 valence electrons. The summed E-state index contributed by atoms with van der Waals surface area (Å²) in [7, 11) is 1.16. The van der Waals surface area contributed by atoms with Crippen LogP contribution in [-0.4, -0.2) is 70.0 Å². The first-order valence-electron chi connectivity index (χ1n) is 26.0. The van der Waals surface area contributed by atoms with E-state index in [1.54, 1.807) is 0 Å². The number of rotatable bonds is 48. The van der Waals surface area contributed by atoms with Gasteiger partial charge in [-0.15, -0.1) is 0 Å². The van der Waals surface area contributed by atoms with Gasteiger partial charge in [-0.3, -0.25) is 14.2 Å². The van der Waals surface area contributed by atoms with E-state index >= 15 is 0 Å². The number of phosphoric ester groups is 1. The van der Waals surface area contributed by atoms with Crippen molar-refractivity contribution < 1.29 is 42.1 Å². The van der Waals surface area contributed by atoms with Gasteiger partial charge in [-0.25, -0.2) is 0 Å². The van der Waals surface area contributed by atoms with Crippen LogP contribution in [0.3, 0.4) is 0 Å². The van der Waals surface area contributed by atoms with Crippen LogP contribution in [-0.2, 0) is 32.7 Å². The average molecular weight is 898 g/mol. The molecule has 0 aliphatic rings. The van der Waals surface area contributed by atoms with Gasteiger partial charge in [0, 0.05) is 12.8 Å². The number of carbonyl (C=O) groups is 2. The van der Waals surface area contributed by atoms with Gasteiger partial charge in [0.25, 0.3) is 7.82 Å². The molecular weight excluding hydrogens is 798 g/mol. The van der Waals surface area contributed by atoms with E-state index in [1.165, 1.54) is 173 Å². The summed E-state index contributed by atoms with van der Waals surface area (Å²) < 4.78 is 34.0. The zero-order valence-corrected chi connectivity index (χ0v) is 42.2. The fourth-order valence-electron chi connectivity index (χ4n) is 7.35. The molecule has 0 aromatic carbocycles. The van der Waals surface area contributed by atoms with Crippen molar-refractivity contribution in [3.05, 3.63) is 24.3 Å². The van der Waals surface area contributed by atoms with Gasteiger partial charge >= 0.3 is 11.9 Å². The highest BCUT2D eigenvalue weighted by molar-refractivity contribution is 7.45. The van der Waals surface area contributed by atoms with E-state index in [4.69, 9.17) is 18.5 Å². The monoisotopic (exact) mass is 898 g/mol. The normalized spacial score (nSPS) is 13.6. The highest BCUT2D eigenvalue weighted by Gasteiger charge is 2.21. The Bertz CT molecular complexity index is 1110. The van der Waals surface area contributed by atoms with Crippen molar-refractivity contribution in [3.63, 3.8) is 0 Å². The maximum Gasteiger partial charge on any atom is 0.306 e. The molecule has 0 saturated heterocycles. The van der Waals surface area contributed by atoms with Crippen molar-refractivity contribution in [1.29, 1.82) is 0 Å². The van der Waals surface area contributed by atoms with E-state index in [-0.39, 0.29) is 26.1 Å². The topological polar surface area (TPSA) is 111 Å². The number of unbranched alkanes of at least 4 members (excludes halogenated alkanes) is 30. The van der Waals surface area contributed by atoms with Crippen LogP contribution in [0.2, 0.25) is 0 Å². The molecule has 0 fully saturated rings. The van der Waals surface area contributed by atoms with Gasteiger partial charge in [0.05, 0.1) is 27.7 Å². The molecule has 0 N–H and O–H groups in total. The molecule has 0 saturated carbocycles. The molecule has 0 bridgehead atoms. The number of carbonyl (C=O) groups excluding carboxylic acids is 2. The minimum atomic E-state index is -4.63. The SMILES string of the molecule is CCCC/C=C/CCCCCCCCCCCC(=O)O[C@@H](COC(=O)CCC/C=C/CCCCCCCCCCCCCCCCCCCC)COP(=O)([O-])OCC[N+](C)(C)C. The molecule has 62 heavy (non-hydrogen) atoms. The highest BCUT2D eigenvalue weighted by atomic mass is 31.2. The Hall–Kier alpha value is -1.51. The van der Waals surface area contributed by atoms with Crippen LogP contribution in [0, 0.1) is 0 Å². The number of nitrogens with zero attached hydrogens (tertiary/aromatic N) is 1. The third-order valence-corrected chi connectivity index (χ3v) is 12.4. The largest absolute Gasteiger partial charge is 0.756 e. The second-order valence-electron chi connectivity index (χ2n) is 18.9. The van der Waals surface area contributed by atoms with Crippen molar-refractivity contribution in [1.82, 2.24) is 0 Å². The van der Waals surface area contributed by atoms with Crippen molar-refractivity contribution in [3.8, 4) is 0 Å². The van der Waals surface area contributed by atoms with E-state index in [0.717, 1.165) is 32.1 Å². The molecular formula is C52H100NO8P. The number of allylic oxidation sites excluding steroid dienone is 4. The predicted octanol–water partition coefficient (Wildman–Crippen LogP) is 14.8. The maximum atomic E-state index is 12.7. The van der Waals surface area contributed by atoms with E-state index in [2.05, 4.69) is 38.2 Å². The minimum Gasteiger partial charge on any atom is -0.756 e. The lowest BCUT2D eigenvalue weighted by Crippen LogP contribution is -2.37. The number of ether oxygens (including phenoxy) is 2. The molecule has 0 aliphatic heterocycles. The van der Waals surface area contributed by atoms with Crippen LogP contribution < -0.4 is 4.89 Å². The Kier molecular flexibility index (Phi) is 43.6. The van der Waals surface area contributed by atoms with Crippen LogP contribution >= 0.6 is 7.82 Å². The molecule has 1 unspecified atom stereocenters. The van der Waals surface area contributed by atoms with Gasteiger partial charge in [-0.05, 0) is 51.4 Å². The molecule has 0 aromatic heterocycles. The first-order chi connectivity index (χ1) is 30.0. The Labute approximate surface area is 383 Å². The zero-order valence-electron chi connectivity index (χ0n) is 41.3. The summed E-state index contributed by atoms with van der Waals surface area (Å²) in [5, 5.41) is 0. The van der Waals surface area contributed by atoms with Crippen molar-refractivity contribution in [2.24, 2.45) is 0 Å². The first-order valence-corrected chi connectivity index (χ1v) is 27.5. The van der Waals surface area contributed by atoms with E-state index in [9.17, 15) is 19.0 Å². The fourth-order valence-corrected chi connectivity index (χ4v) is 8.08. The summed E-state index contributed by atoms with van der Waals surface area (Å²) in [6, 6.07) is 0. The van der Waals surface area contributed by atoms with E-state index in [1.807, 2.05) is 21.1 Å². The average Bonchev–Trinajstić information content (AvgIpc) is 3.23. The summed E-state index contributed by atoms with van der Waals surface area (Å²) in [6.07, 6.45) is 50.8. The van der Waals surface area contributed by atoms with Crippen molar-refractivity contribution in [2.45, 2.75) is 251 Å². The third kappa shape index (κ3) is 48.0. The quantitative estimate of drug-likeness (QED) is 0.0195. The maximum absolute atomic E-state index is 12.7. The molecule has 0 aromatic rings. The second-order valence-corrected chi connectivity index (χ2v) is 20.3. The van der Waals surface area contributed by atoms with Gasteiger partial charge in [0.15, 0.2) is 6.10 Å². The lowest BCUT2D eigenvalue weighted by atomic mass is 10.0. The molecule has 0 radical (unpaired) electrons. The molecule has 10 heteroatoms. The molecule has 0 spiro atoms. The van der Waals surface area contributed by atoms with Crippen LogP contribution in [0.25, 0.3) is 0 Å². The summed E-state index contributed by atoms with van der Waals surface area (Å²) in [5.74, 6) is -0.864. The predicted molar refractivity (Wildman–Crippen MR) is 259 cm³/mol. The summed E-state index contributed by atoms with van der Waals surface area (Å²) >= 11 is 0.